The molecule has 0 bridgehead atoms. The van der Waals surface area contributed by atoms with Gasteiger partial charge in [-0.3, -0.25) is 0 Å². The summed E-state index contributed by atoms with van der Waals surface area (Å²) in [6.45, 7) is 0. The van der Waals surface area contributed by atoms with Gasteiger partial charge in [0.1, 0.15) is 0 Å². The van der Waals surface area contributed by atoms with Gasteiger partial charge in [-0.1, -0.05) is 11.6 Å². The number of aromatic nitrogens is 2. The van der Waals surface area contributed by atoms with Crippen LogP contribution in [0.2, 0.25) is 4.34 Å². The molecule has 2 nitrogen and oxygen atoms in total. The van der Waals surface area contributed by atoms with E-state index in [4.69, 9.17) is 11.6 Å². The number of halogens is 1. The molecule has 0 saturated heterocycles. The van der Waals surface area contributed by atoms with E-state index in [9.17, 15) is 0 Å². The fraction of sp³-hybridized carbons (Fsp3) is 0.125. The van der Waals surface area contributed by atoms with Gasteiger partial charge in [0.05, 0.1) is 10.7 Å². The molecule has 0 amide bonds. The SMILES string of the molecule is Clc1ccc(Cc2cnc[nH]2)s1. The van der Waals surface area contributed by atoms with Gasteiger partial charge < -0.3 is 4.98 Å². The Kier molecular flexibility index (Phi) is 2.15. The fourth-order valence-corrected chi connectivity index (χ4v) is 2.13. The minimum Gasteiger partial charge on any atom is -0.348 e. The third kappa shape index (κ3) is 1.68. The van der Waals surface area contributed by atoms with Crippen molar-refractivity contribution in [3.05, 3.63) is 39.6 Å². The maximum atomic E-state index is 5.79. The van der Waals surface area contributed by atoms with Crippen molar-refractivity contribution in [1.82, 2.24) is 9.97 Å². The number of hydrogen-bond acceptors (Lipinski definition) is 2. The lowest BCUT2D eigenvalue weighted by Crippen LogP contribution is -1.82. The molecule has 0 fully saturated rings. The van der Waals surface area contributed by atoms with Gasteiger partial charge in [-0.2, -0.15) is 0 Å². The fourth-order valence-electron chi connectivity index (χ4n) is 1.02. The van der Waals surface area contributed by atoms with E-state index in [1.807, 2.05) is 18.3 Å². The Morgan fingerprint density at radius 2 is 2.42 bits per heavy atom. The van der Waals surface area contributed by atoms with Crippen LogP contribution in [0.15, 0.2) is 24.7 Å². The Hall–Kier alpha value is -0.800. The van der Waals surface area contributed by atoms with Crippen molar-refractivity contribution in [3.8, 4) is 0 Å². The summed E-state index contributed by atoms with van der Waals surface area (Å²) in [5, 5.41) is 0. The zero-order valence-electron chi connectivity index (χ0n) is 6.25. The van der Waals surface area contributed by atoms with Crippen LogP contribution in [0, 0.1) is 0 Å². The zero-order valence-corrected chi connectivity index (χ0v) is 7.82. The molecule has 62 valence electrons. The summed E-state index contributed by atoms with van der Waals surface area (Å²) in [4.78, 5) is 8.24. The summed E-state index contributed by atoms with van der Waals surface area (Å²) in [7, 11) is 0. The summed E-state index contributed by atoms with van der Waals surface area (Å²) < 4.78 is 0.838. The third-order valence-corrected chi connectivity index (χ3v) is 2.78. The van der Waals surface area contributed by atoms with Gasteiger partial charge in [-0.25, -0.2) is 4.98 Å². The number of aromatic amines is 1. The van der Waals surface area contributed by atoms with Crippen LogP contribution in [-0.4, -0.2) is 9.97 Å². The summed E-state index contributed by atoms with van der Waals surface area (Å²) in [5.74, 6) is 0. The van der Waals surface area contributed by atoms with Gasteiger partial charge in [-0.05, 0) is 12.1 Å². The van der Waals surface area contributed by atoms with Crippen molar-refractivity contribution in [3.63, 3.8) is 0 Å². The standard InChI is InChI=1S/C8H7ClN2S/c9-8-2-1-7(12-8)3-6-4-10-5-11-6/h1-2,4-5H,3H2,(H,10,11). The Balaban J connectivity index is 2.14. The lowest BCUT2D eigenvalue weighted by atomic mass is 10.3. The van der Waals surface area contributed by atoms with E-state index >= 15 is 0 Å². The molecule has 0 aliphatic rings. The average Bonchev–Trinajstić information content (AvgIpc) is 2.63. The van der Waals surface area contributed by atoms with Crippen LogP contribution < -0.4 is 0 Å². The van der Waals surface area contributed by atoms with E-state index in [0.29, 0.717) is 0 Å². The number of imidazole rings is 1. The van der Waals surface area contributed by atoms with Gasteiger partial charge >= 0.3 is 0 Å². The van der Waals surface area contributed by atoms with Crippen molar-refractivity contribution >= 4 is 22.9 Å². The first-order valence-corrected chi connectivity index (χ1v) is 4.75. The first-order valence-electron chi connectivity index (χ1n) is 3.56. The van der Waals surface area contributed by atoms with Crippen LogP contribution in [0.1, 0.15) is 10.6 Å². The first kappa shape index (κ1) is 7.83. The molecule has 0 atom stereocenters. The average molecular weight is 199 g/mol. The van der Waals surface area contributed by atoms with Crippen LogP contribution in [0.3, 0.4) is 0 Å². The van der Waals surface area contributed by atoms with E-state index in [0.717, 1.165) is 16.5 Å². The molecule has 2 aromatic heterocycles. The van der Waals surface area contributed by atoms with Gasteiger partial charge in [0.15, 0.2) is 0 Å². The number of thiophene rings is 1. The largest absolute Gasteiger partial charge is 0.348 e. The zero-order chi connectivity index (χ0) is 8.39. The lowest BCUT2D eigenvalue weighted by molar-refractivity contribution is 1.13. The Bertz CT molecular complexity index is 353. The molecule has 0 unspecified atom stereocenters. The van der Waals surface area contributed by atoms with Gasteiger partial charge in [0.25, 0.3) is 0 Å². The van der Waals surface area contributed by atoms with E-state index in [2.05, 4.69) is 9.97 Å². The van der Waals surface area contributed by atoms with Crippen LogP contribution in [0.4, 0.5) is 0 Å². The Morgan fingerprint density at radius 1 is 1.50 bits per heavy atom. The number of H-pyrrole nitrogens is 1. The summed E-state index contributed by atoms with van der Waals surface area (Å²) in [6, 6.07) is 3.95. The second-order valence-electron chi connectivity index (χ2n) is 2.46. The molecule has 1 N–H and O–H groups in total. The van der Waals surface area contributed by atoms with Crippen LogP contribution in [0.25, 0.3) is 0 Å². The summed E-state index contributed by atoms with van der Waals surface area (Å²) in [6.07, 6.45) is 4.40. The molecular weight excluding hydrogens is 192 g/mol. The molecule has 2 aromatic rings. The number of nitrogens with one attached hydrogen (secondary N) is 1. The first-order chi connectivity index (χ1) is 5.84. The molecule has 0 spiro atoms. The topological polar surface area (TPSA) is 28.7 Å². The smallest absolute Gasteiger partial charge is 0.0931 e. The lowest BCUT2D eigenvalue weighted by Gasteiger charge is -1.90. The van der Waals surface area contributed by atoms with E-state index < -0.39 is 0 Å². The van der Waals surface area contributed by atoms with Crippen molar-refractivity contribution in [2.45, 2.75) is 6.42 Å². The van der Waals surface area contributed by atoms with Crippen LogP contribution in [-0.2, 0) is 6.42 Å². The Morgan fingerprint density at radius 3 is 3.00 bits per heavy atom. The monoisotopic (exact) mass is 198 g/mol. The molecule has 0 radical (unpaired) electrons. The molecule has 2 heterocycles. The Labute approximate surface area is 79.2 Å². The highest BCUT2D eigenvalue weighted by Gasteiger charge is 1.99. The van der Waals surface area contributed by atoms with E-state index in [-0.39, 0.29) is 0 Å². The van der Waals surface area contributed by atoms with Crippen molar-refractivity contribution in [2.75, 3.05) is 0 Å². The third-order valence-electron chi connectivity index (χ3n) is 1.55. The highest BCUT2D eigenvalue weighted by molar-refractivity contribution is 7.16. The van der Waals surface area contributed by atoms with Gasteiger partial charge in [-0.15, -0.1) is 11.3 Å². The molecule has 0 aliphatic heterocycles. The number of rotatable bonds is 2. The highest BCUT2D eigenvalue weighted by Crippen LogP contribution is 2.22. The maximum Gasteiger partial charge on any atom is 0.0931 e. The molecule has 12 heavy (non-hydrogen) atoms. The van der Waals surface area contributed by atoms with E-state index in [1.165, 1.54) is 4.88 Å². The van der Waals surface area contributed by atoms with Crippen molar-refractivity contribution in [1.29, 1.82) is 0 Å². The normalized spacial score (nSPS) is 10.4. The molecular formula is C8H7ClN2S. The predicted octanol–water partition coefficient (Wildman–Crippen LogP) is 2.72. The molecule has 2 rings (SSSR count). The quantitative estimate of drug-likeness (QED) is 0.790. The summed E-state index contributed by atoms with van der Waals surface area (Å²) in [5.41, 5.74) is 1.12. The number of nitrogens with zero attached hydrogens (tertiary/aromatic N) is 1. The summed E-state index contributed by atoms with van der Waals surface area (Å²) >= 11 is 7.40. The minimum atomic E-state index is 0.838. The van der Waals surface area contributed by atoms with Crippen molar-refractivity contribution < 1.29 is 0 Å². The second-order valence-corrected chi connectivity index (χ2v) is 4.26. The molecule has 4 heteroatoms. The second kappa shape index (κ2) is 3.29. The van der Waals surface area contributed by atoms with Crippen LogP contribution >= 0.6 is 22.9 Å². The predicted molar refractivity (Wildman–Crippen MR) is 50.7 cm³/mol. The van der Waals surface area contributed by atoms with E-state index in [1.54, 1.807) is 17.7 Å². The molecule has 0 aliphatic carbocycles. The molecule has 0 aromatic carbocycles. The van der Waals surface area contributed by atoms with Crippen LogP contribution in [0.5, 0.6) is 0 Å². The van der Waals surface area contributed by atoms with Crippen molar-refractivity contribution in [2.24, 2.45) is 0 Å². The van der Waals surface area contributed by atoms with Gasteiger partial charge in [0.2, 0.25) is 0 Å². The number of hydrogen-bond donors (Lipinski definition) is 1. The molecule has 0 saturated carbocycles. The maximum absolute atomic E-state index is 5.79. The highest BCUT2D eigenvalue weighted by atomic mass is 35.5. The minimum absolute atomic E-state index is 0.838. The van der Waals surface area contributed by atoms with Gasteiger partial charge in [0, 0.05) is 23.2 Å².